The largest absolute Gasteiger partial charge is 0.359 e. The van der Waals surface area contributed by atoms with E-state index in [2.05, 4.69) is 15.3 Å². The number of nitrogens with one attached hydrogen (secondary N) is 1. The molecule has 0 saturated heterocycles. The van der Waals surface area contributed by atoms with E-state index in [4.69, 9.17) is 0 Å². The van der Waals surface area contributed by atoms with Gasteiger partial charge in [-0.1, -0.05) is 0 Å². The van der Waals surface area contributed by atoms with Crippen LogP contribution in [0, 0.1) is 5.95 Å². The molecule has 0 spiro atoms. The number of hydrogen-bond acceptors (Lipinski definition) is 6. The highest BCUT2D eigenvalue weighted by molar-refractivity contribution is 5.93. The molecule has 0 bridgehead atoms. The second kappa shape index (κ2) is 8.98. The van der Waals surface area contributed by atoms with E-state index < -0.39 is 5.95 Å². The van der Waals surface area contributed by atoms with Crippen molar-refractivity contribution in [3.05, 3.63) is 53.9 Å². The van der Waals surface area contributed by atoms with Crippen LogP contribution in [0.15, 0.2) is 47.9 Å². The van der Waals surface area contributed by atoms with Gasteiger partial charge in [-0.05, 0) is 43.5 Å². The summed E-state index contributed by atoms with van der Waals surface area (Å²) in [6.45, 7) is 0.486. The van der Waals surface area contributed by atoms with Crippen LogP contribution in [0.25, 0.3) is 11.1 Å². The van der Waals surface area contributed by atoms with E-state index in [9.17, 15) is 18.8 Å². The zero-order valence-electron chi connectivity index (χ0n) is 15.1. The molecule has 0 aliphatic carbocycles. The van der Waals surface area contributed by atoms with Gasteiger partial charge in [0, 0.05) is 35.6 Å². The Morgan fingerprint density at radius 1 is 1.07 bits per heavy atom. The number of carbonyl (C=O) groups is 3. The second-order valence-electron chi connectivity index (χ2n) is 6.37. The van der Waals surface area contributed by atoms with Crippen molar-refractivity contribution in [1.82, 2.24) is 14.9 Å². The normalized spacial score (nSPS) is 14.4. The molecule has 0 aromatic carbocycles. The van der Waals surface area contributed by atoms with Crippen molar-refractivity contribution in [2.24, 2.45) is 0 Å². The highest BCUT2D eigenvalue weighted by atomic mass is 19.1. The van der Waals surface area contributed by atoms with Gasteiger partial charge in [-0.2, -0.15) is 4.39 Å². The third-order valence-electron chi connectivity index (χ3n) is 4.47. The molecule has 1 N–H and O–H groups in total. The van der Waals surface area contributed by atoms with Crippen molar-refractivity contribution in [2.45, 2.75) is 19.3 Å². The molecule has 2 aromatic rings. The average Bonchev–Trinajstić information content (AvgIpc) is 2.90. The fourth-order valence-corrected chi connectivity index (χ4v) is 3.04. The van der Waals surface area contributed by atoms with Crippen LogP contribution < -0.4 is 5.32 Å². The van der Waals surface area contributed by atoms with Crippen molar-refractivity contribution in [3.63, 3.8) is 0 Å². The molecule has 7 nitrogen and oxygen atoms in total. The quantitative estimate of drug-likeness (QED) is 0.609. The van der Waals surface area contributed by atoms with Crippen molar-refractivity contribution in [3.8, 4) is 11.1 Å². The lowest BCUT2D eigenvalue weighted by molar-refractivity contribution is -0.117. The lowest BCUT2D eigenvalue weighted by atomic mass is 10.1. The number of allylic oxidation sites excluding steroid dienone is 2. The van der Waals surface area contributed by atoms with Crippen LogP contribution in [0.3, 0.4) is 0 Å². The van der Waals surface area contributed by atoms with Crippen molar-refractivity contribution < 1.29 is 18.8 Å². The van der Waals surface area contributed by atoms with E-state index >= 15 is 0 Å². The minimum atomic E-state index is -0.560. The first-order valence-corrected chi connectivity index (χ1v) is 8.87. The van der Waals surface area contributed by atoms with Crippen LogP contribution in [-0.2, 0) is 14.4 Å². The number of rotatable bonds is 6. The fourth-order valence-electron chi connectivity index (χ4n) is 3.04. The second-order valence-corrected chi connectivity index (χ2v) is 6.37. The van der Waals surface area contributed by atoms with Gasteiger partial charge in [-0.3, -0.25) is 14.4 Å². The zero-order chi connectivity index (χ0) is 19.9. The van der Waals surface area contributed by atoms with Gasteiger partial charge in [0.05, 0.1) is 12.2 Å². The molecule has 0 atom stereocenters. The zero-order valence-corrected chi connectivity index (χ0v) is 15.1. The number of hydrogen-bond donors (Lipinski definition) is 1. The first-order valence-electron chi connectivity index (χ1n) is 8.87. The molecule has 1 aliphatic rings. The number of aldehydes is 2. The predicted octanol–water partition coefficient (Wildman–Crippen LogP) is 2.36. The highest BCUT2D eigenvalue weighted by Crippen LogP contribution is 2.20. The van der Waals surface area contributed by atoms with E-state index in [1.165, 1.54) is 12.3 Å². The summed E-state index contributed by atoms with van der Waals surface area (Å²) in [6.07, 6.45) is 6.40. The number of anilines is 1. The number of amides is 1. The van der Waals surface area contributed by atoms with Gasteiger partial charge in [0.1, 0.15) is 12.1 Å². The number of aromatic nitrogens is 2. The summed E-state index contributed by atoms with van der Waals surface area (Å²) < 4.78 is 12.9. The van der Waals surface area contributed by atoms with Gasteiger partial charge in [-0.15, -0.1) is 0 Å². The Labute approximate surface area is 161 Å². The molecule has 1 aliphatic heterocycles. The Kier molecular flexibility index (Phi) is 6.21. The van der Waals surface area contributed by atoms with Crippen LogP contribution in [0.5, 0.6) is 0 Å². The third kappa shape index (κ3) is 4.64. The Morgan fingerprint density at radius 2 is 1.82 bits per heavy atom. The molecule has 144 valence electrons. The molecule has 28 heavy (non-hydrogen) atoms. The van der Waals surface area contributed by atoms with Gasteiger partial charge in [-0.25, -0.2) is 9.97 Å². The summed E-state index contributed by atoms with van der Waals surface area (Å²) in [5.74, 6) is -0.545. The molecule has 2 aromatic heterocycles. The topological polar surface area (TPSA) is 92.3 Å². The van der Waals surface area contributed by atoms with E-state index in [0.29, 0.717) is 42.5 Å². The minimum absolute atomic E-state index is 0.0449. The van der Waals surface area contributed by atoms with Crippen LogP contribution in [0.2, 0.25) is 0 Å². The van der Waals surface area contributed by atoms with Crippen molar-refractivity contribution in [2.75, 3.05) is 18.4 Å². The van der Waals surface area contributed by atoms with Crippen molar-refractivity contribution in [1.29, 1.82) is 0 Å². The van der Waals surface area contributed by atoms with Gasteiger partial charge in [0.15, 0.2) is 6.29 Å². The molecule has 3 rings (SSSR count). The maximum absolute atomic E-state index is 12.9. The molecule has 1 amide bonds. The third-order valence-corrected chi connectivity index (χ3v) is 4.47. The maximum atomic E-state index is 12.9. The highest BCUT2D eigenvalue weighted by Gasteiger charge is 2.20. The standard InChI is InChI=1S/C20H19FN4O3/c21-18-6-4-14(9-22-18)15-5-7-19(23-10-15)24-20(28)11-25-8-2-1-3-16(12-26)17(25)13-27/h4-7,9-10,12-13H,1-3,8,11H2,(H,23,24,28). The number of halogens is 1. The van der Waals surface area contributed by atoms with E-state index in [-0.39, 0.29) is 18.1 Å². The molecule has 3 heterocycles. The minimum Gasteiger partial charge on any atom is -0.359 e. The Hall–Kier alpha value is -3.42. The molecule has 0 radical (unpaired) electrons. The van der Waals surface area contributed by atoms with Crippen LogP contribution in [0.4, 0.5) is 10.2 Å². The van der Waals surface area contributed by atoms with Crippen LogP contribution in [0.1, 0.15) is 19.3 Å². The lowest BCUT2D eigenvalue weighted by Gasteiger charge is -2.23. The van der Waals surface area contributed by atoms with Gasteiger partial charge in [0.25, 0.3) is 0 Å². The summed E-state index contributed by atoms with van der Waals surface area (Å²) >= 11 is 0. The molecule has 0 saturated carbocycles. The first kappa shape index (κ1) is 19.3. The summed E-state index contributed by atoms with van der Waals surface area (Å²) in [5, 5.41) is 2.68. The summed E-state index contributed by atoms with van der Waals surface area (Å²) in [4.78, 5) is 44.4. The maximum Gasteiger partial charge on any atom is 0.245 e. The number of pyridine rings is 2. The lowest BCUT2D eigenvalue weighted by Crippen LogP contribution is -2.34. The van der Waals surface area contributed by atoms with Gasteiger partial charge >= 0.3 is 0 Å². The summed E-state index contributed by atoms with van der Waals surface area (Å²) in [5.41, 5.74) is 2.14. The Bertz CT molecular complexity index is 895. The van der Waals surface area contributed by atoms with Crippen molar-refractivity contribution >= 4 is 24.3 Å². The number of carbonyl (C=O) groups excluding carboxylic acids is 3. The Morgan fingerprint density at radius 3 is 2.43 bits per heavy atom. The van der Waals surface area contributed by atoms with Gasteiger partial charge < -0.3 is 10.2 Å². The Balaban J connectivity index is 1.66. The first-order chi connectivity index (χ1) is 13.6. The van der Waals surface area contributed by atoms with E-state index in [0.717, 1.165) is 18.4 Å². The smallest absolute Gasteiger partial charge is 0.245 e. The van der Waals surface area contributed by atoms with E-state index in [1.807, 2.05) is 0 Å². The summed E-state index contributed by atoms with van der Waals surface area (Å²) in [7, 11) is 0. The van der Waals surface area contributed by atoms with Crippen LogP contribution in [-0.4, -0.2) is 46.4 Å². The molecular formula is C20H19FN4O3. The van der Waals surface area contributed by atoms with E-state index in [1.54, 1.807) is 29.3 Å². The monoisotopic (exact) mass is 382 g/mol. The predicted molar refractivity (Wildman–Crippen MR) is 101 cm³/mol. The number of nitrogens with zero attached hydrogens (tertiary/aromatic N) is 3. The molecular weight excluding hydrogens is 363 g/mol. The fraction of sp³-hybridized carbons (Fsp3) is 0.250. The molecule has 8 heteroatoms. The molecule has 0 fully saturated rings. The van der Waals surface area contributed by atoms with Crippen LogP contribution >= 0.6 is 0 Å². The SMILES string of the molecule is O=CC1=C(C=O)N(CC(=O)Nc2ccc(-c3ccc(F)nc3)cn2)CCCC1. The summed E-state index contributed by atoms with van der Waals surface area (Å²) in [6, 6.07) is 6.23. The average molecular weight is 382 g/mol. The molecule has 0 unspecified atom stereocenters. The van der Waals surface area contributed by atoms with Gasteiger partial charge in [0.2, 0.25) is 11.9 Å².